The topological polar surface area (TPSA) is 75.0 Å². The lowest BCUT2D eigenvalue weighted by molar-refractivity contribution is 0.0138. The van der Waals surface area contributed by atoms with Crippen LogP contribution in [0, 0.1) is 0 Å². The highest BCUT2D eigenvalue weighted by Crippen LogP contribution is 2.23. The van der Waals surface area contributed by atoms with Gasteiger partial charge in [0.25, 0.3) is 5.56 Å². The standard InChI is InChI=1S/C22H27Br2N3O4/c1-22(2,3)31-21(30)26-10-8-25(9-11-26)13-16-6-7-27(20(29)19(16)28)14-15-4-5-17(23)12-18(15)24/h4-7,12,28H,8-11,13-14H2,1-3H3. The van der Waals surface area contributed by atoms with Crippen LogP contribution in [0.5, 0.6) is 5.75 Å². The number of halogens is 2. The van der Waals surface area contributed by atoms with Gasteiger partial charge in [-0.15, -0.1) is 0 Å². The Morgan fingerprint density at radius 2 is 1.74 bits per heavy atom. The van der Waals surface area contributed by atoms with E-state index in [0.29, 0.717) is 44.8 Å². The lowest BCUT2D eigenvalue weighted by Crippen LogP contribution is -2.49. The molecule has 0 atom stereocenters. The first-order valence-corrected chi connectivity index (χ1v) is 11.7. The molecule has 9 heteroatoms. The lowest BCUT2D eigenvalue weighted by atomic mass is 10.2. The fourth-order valence-corrected chi connectivity index (χ4v) is 4.51. The summed E-state index contributed by atoms with van der Waals surface area (Å²) < 4.78 is 8.75. The molecule has 0 saturated carbocycles. The molecule has 1 amide bonds. The maximum atomic E-state index is 12.7. The number of benzene rings is 1. The van der Waals surface area contributed by atoms with Gasteiger partial charge in [-0.3, -0.25) is 9.69 Å². The monoisotopic (exact) mass is 555 g/mol. The number of pyridine rings is 1. The first-order valence-electron chi connectivity index (χ1n) is 10.1. The number of rotatable bonds is 4. The Morgan fingerprint density at radius 3 is 2.35 bits per heavy atom. The molecular weight excluding hydrogens is 530 g/mol. The average molecular weight is 557 g/mol. The number of carbonyl (C=O) groups excluding carboxylic acids is 1. The lowest BCUT2D eigenvalue weighted by Gasteiger charge is -2.35. The van der Waals surface area contributed by atoms with E-state index in [2.05, 4.69) is 36.8 Å². The highest BCUT2D eigenvalue weighted by molar-refractivity contribution is 9.11. The second-order valence-corrected chi connectivity index (χ2v) is 10.4. The predicted molar refractivity (Wildman–Crippen MR) is 126 cm³/mol. The summed E-state index contributed by atoms with van der Waals surface area (Å²) in [5.41, 5.74) is 0.591. The minimum absolute atomic E-state index is 0.231. The number of ether oxygens (including phenoxy) is 1. The van der Waals surface area contributed by atoms with E-state index in [9.17, 15) is 14.7 Å². The van der Waals surface area contributed by atoms with Crippen molar-refractivity contribution in [3.05, 3.63) is 60.9 Å². The van der Waals surface area contributed by atoms with E-state index in [1.165, 1.54) is 4.57 Å². The largest absolute Gasteiger partial charge is 0.503 e. The van der Waals surface area contributed by atoms with Crippen molar-refractivity contribution in [3.8, 4) is 5.75 Å². The van der Waals surface area contributed by atoms with Gasteiger partial charge in [-0.2, -0.15) is 0 Å². The molecule has 1 aliphatic rings. The number of hydrogen-bond acceptors (Lipinski definition) is 5. The minimum Gasteiger partial charge on any atom is -0.503 e. The van der Waals surface area contributed by atoms with Crippen LogP contribution in [0.1, 0.15) is 31.9 Å². The molecular formula is C22H27Br2N3O4. The summed E-state index contributed by atoms with van der Waals surface area (Å²) in [6.07, 6.45) is 1.40. The number of aromatic hydroxyl groups is 1. The summed E-state index contributed by atoms with van der Waals surface area (Å²) in [4.78, 5) is 28.7. The van der Waals surface area contributed by atoms with Crippen molar-refractivity contribution in [3.63, 3.8) is 0 Å². The van der Waals surface area contributed by atoms with Crippen LogP contribution in [0.4, 0.5) is 4.79 Å². The Kier molecular flexibility index (Phi) is 7.49. The predicted octanol–water partition coefficient (Wildman–Crippen LogP) is 4.18. The van der Waals surface area contributed by atoms with Gasteiger partial charge in [0.15, 0.2) is 5.75 Å². The fourth-order valence-electron chi connectivity index (χ4n) is 3.34. The van der Waals surface area contributed by atoms with Crippen LogP contribution in [0.3, 0.4) is 0 Å². The van der Waals surface area contributed by atoms with E-state index in [-0.39, 0.29) is 11.8 Å². The van der Waals surface area contributed by atoms with E-state index < -0.39 is 11.2 Å². The van der Waals surface area contributed by atoms with Crippen LogP contribution < -0.4 is 5.56 Å². The number of carbonyl (C=O) groups is 1. The molecule has 1 aromatic heterocycles. The van der Waals surface area contributed by atoms with Gasteiger partial charge in [0.1, 0.15) is 5.60 Å². The number of amides is 1. The molecule has 168 valence electrons. The van der Waals surface area contributed by atoms with Crippen LogP contribution in [0.25, 0.3) is 0 Å². The minimum atomic E-state index is -0.518. The molecule has 2 aromatic rings. The van der Waals surface area contributed by atoms with E-state index in [4.69, 9.17) is 4.74 Å². The molecule has 31 heavy (non-hydrogen) atoms. The van der Waals surface area contributed by atoms with Gasteiger partial charge < -0.3 is 19.3 Å². The zero-order chi connectivity index (χ0) is 22.8. The second-order valence-electron chi connectivity index (χ2n) is 8.60. The Balaban J connectivity index is 1.63. The van der Waals surface area contributed by atoms with Gasteiger partial charge in [-0.05, 0) is 44.5 Å². The van der Waals surface area contributed by atoms with Crippen molar-refractivity contribution in [1.29, 1.82) is 0 Å². The average Bonchev–Trinajstić information content (AvgIpc) is 2.68. The summed E-state index contributed by atoms with van der Waals surface area (Å²) in [6.45, 7) is 8.74. The third kappa shape index (κ3) is 6.33. The van der Waals surface area contributed by atoms with Gasteiger partial charge in [0.2, 0.25) is 0 Å². The van der Waals surface area contributed by atoms with E-state index in [1.54, 1.807) is 17.2 Å². The van der Waals surface area contributed by atoms with Crippen molar-refractivity contribution >= 4 is 38.0 Å². The Bertz CT molecular complexity index is 1010. The summed E-state index contributed by atoms with van der Waals surface area (Å²) >= 11 is 6.92. The molecule has 3 rings (SSSR count). The van der Waals surface area contributed by atoms with Gasteiger partial charge in [0.05, 0.1) is 6.54 Å². The van der Waals surface area contributed by atoms with Crippen molar-refractivity contribution in [2.75, 3.05) is 26.2 Å². The number of nitrogens with zero attached hydrogens (tertiary/aromatic N) is 3. The van der Waals surface area contributed by atoms with E-state index >= 15 is 0 Å². The van der Waals surface area contributed by atoms with Crippen molar-refractivity contribution in [2.24, 2.45) is 0 Å². The van der Waals surface area contributed by atoms with Crippen molar-refractivity contribution in [1.82, 2.24) is 14.4 Å². The maximum absolute atomic E-state index is 12.7. The van der Waals surface area contributed by atoms with Crippen LogP contribution in [-0.2, 0) is 17.8 Å². The molecule has 1 fully saturated rings. The number of piperazine rings is 1. The quantitative estimate of drug-likeness (QED) is 0.611. The summed E-state index contributed by atoms with van der Waals surface area (Å²) in [5, 5.41) is 10.5. The Labute approximate surface area is 198 Å². The molecule has 1 saturated heterocycles. The normalized spacial score (nSPS) is 15.2. The summed E-state index contributed by atoms with van der Waals surface area (Å²) in [6, 6.07) is 7.54. The van der Waals surface area contributed by atoms with Gasteiger partial charge in [-0.1, -0.05) is 37.9 Å². The number of hydrogen-bond donors (Lipinski definition) is 1. The van der Waals surface area contributed by atoms with Gasteiger partial charge in [-0.25, -0.2) is 4.79 Å². The zero-order valence-electron chi connectivity index (χ0n) is 17.9. The molecule has 7 nitrogen and oxygen atoms in total. The molecule has 0 spiro atoms. The van der Waals surface area contributed by atoms with Crippen LogP contribution in [0.15, 0.2) is 44.2 Å². The van der Waals surface area contributed by atoms with Gasteiger partial charge in [0, 0.05) is 53.4 Å². The molecule has 0 aliphatic carbocycles. The van der Waals surface area contributed by atoms with E-state index in [1.807, 2.05) is 39.0 Å². The first-order chi connectivity index (χ1) is 14.5. The highest BCUT2D eigenvalue weighted by atomic mass is 79.9. The summed E-state index contributed by atoms with van der Waals surface area (Å²) in [7, 11) is 0. The van der Waals surface area contributed by atoms with Crippen molar-refractivity contribution < 1.29 is 14.6 Å². The Morgan fingerprint density at radius 1 is 1.06 bits per heavy atom. The van der Waals surface area contributed by atoms with Crippen LogP contribution >= 0.6 is 31.9 Å². The second kappa shape index (κ2) is 9.75. The maximum Gasteiger partial charge on any atom is 0.410 e. The third-order valence-corrected chi connectivity index (χ3v) is 6.23. The van der Waals surface area contributed by atoms with Crippen molar-refractivity contribution in [2.45, 2.75) is 39.5 Å². The van der Waals surface area contributed by atoms with Crippen LogP contribution in [0.2, 0.25) is 0 Å². The summed E-state index contributed by atoms with van der Waals surface area (Å²) in [5.74, 6) is -0.231. The fraction of sp³-hybridized carbons (Fsp3) is 0.455. The first kappa shape index (κ1) is 23.8. The molecule has 1 N–H and O–H groups in total. The van der Waals surface area contributed by atoms with Gasteiger partial charge >= 0.3 is 6.09 Å². The third-order valence-electron chi connectivity index (χ3n) is 5.00. The SMILES string of the molecule is CC(C)(C)OC(=O)N1CCN(Cc2ccn(Cc3ccc(Br)cc3Br)c(=O)c2O)CC1. The molecule has 2 heterocycles. The molecule has 0 radical (unpaired) electrons. The molecule has 0 bridgehead atoms. The molecule has 1 aliphatic heterocycles. The van der Waals surface area contributed by atoms with E-state index in [0.717, 1.165) is 14.5 Å². The molecule has 1 aromatic carbocycles. The Hall–Kier alpha value is -1.84. The number of aromatic nitrogens is 1. The zero-order valence-corrected chi connectivity index (χ0v) is 21.1. The van der Waals surface area contributed by atoms with Crippen LogP contribution in [-0.4, -0.2) is 57.3 Å². The smallest absolute Gasteiger partial charge is 0.410 e. The molecule has 0 unspecified atom stereocenters. The highest BCUT2D eigenvalue weighted by Gasteiger charge is 2.26.